The van der Waals surface area contributed by atoms with Gasteiger partial charge < -0.3 is 10.6 Å². The molecule has 0 fully saturated rings. The maximum atomic E-state index is 8.11. The second-order valence-electron chi connectivity index (χ2n) is 7.67. The average molecular weight is 345 g/mol. The second-order valence-corrected chi connectivity index (χ2v) is 7.67. The SMILES string of the molecule is CC(C)(C)c1ccc(CNC(=N)NCc2cccc3ccccc23)cc1. The fourth-order valence-electron chi connectivity index (χ4n) is 3.01. The fourth-order valence-corrected chi connectivity index (χ4v) is 3.01. The lowest BCUT2D eigenvalue weighted by molar-refractivity contribution is 0.590. The monoisotopic (exact) mass is 345 g/mol. The lowest BCUT2D eigenvalue weighted by atomic mass is 9.87. The van der Waals surface area contributed by atoms with E-state index in [1.807, 2.05) is 6.07 Å². The van der Waals surface area contributed by atoms with Gasteiger partial charge in [0.15, 0.2) is 5.96 Å². The Hall–Kier alpha value is -2.81. The van der Waals surface area contributed by atoms with Crippen molar-refractivity contribution < 1.29 is 0 Å². The van der Waals surface area contributed by atoms with Crippen molar-refractivity contribution in [3.05, 3.63) is 83.4 Å². The molecule has 0 aromatic heterocycles. The zero-order valence-electron chi connectivity index (χ0n) is 15.8. The highest BCUT2D eigenvalue weighted by Crippen LogP contribution is 2.22. The Kier molecular flexibility index (Phi) is 5.27. The first-order chi connectivity index (χ1) is 12.4. The Bertz CT molecular complexity index is 884. The molecule has 0 amide bonds. The van der Waals surface area contributed by atoms with Gasteiger partial charge in [0.05, 0.1) is 0 Å². The van der Waals surface area contributed by atoms with Crippen LogP contribution in [-0.4, -0.2) is 5.96 Å². The van der Waals surface area contributed by atoms with Crippen LogP contribution in [0.2, 0.25) is 0 Å². The largest absolute Gasteiger partial charge is 0.353 e. The molecule has 0 saturated heterocycles. The van der Waals surface area contributed by atoms with Crippen LogP contribution in [0.4, 0.5) is 0 Å². The van der Waals surface area contributed by atoms with Crippen molar-refractivity contribution in [2.24, 2.45) is 0 Å². The molecule has 3 aromatic rings. The topological polar surface area (TPSA) is 47.9 Å². The van der Waals surface area contributed by atoms with Crippen molar-refractivity contribution in [2.75, 3.05) is 0 Å². The zero-order chi connectivity index (χ0) is 18.6. The number of hydrogen-bond acceptors (Lipinski definition) is 1. The Morgan fingerprint density at radius 1 is 0.808 bits per heavy atom. The van der Waals surface area contributed by atoms with Crippen LogP contribution in [0.5, 0.6) is 0 Å². The summed E-state index contributed by atoms with van der Waals surface area (Å²) >= 11 is 0. The van der Waals surface area contributed by atoms with E-state index in [0.29, 0.717) is 19.0 Å². The van der Waals surface area contributed by atoms with Gasteiger partial charge in [-0.1, -0.05) is 87.5 Å². The van der Waals surface area contributed by atoms with Crippen LogP contribution in [0.25, 0.3) is 10.8 Å². The van der Waals surface area contributed by atoms with Crippen molar-refractivity contribution in [3.8, 4) is 0 Å². The lowest BCUT2D eigenvalue weighted by Crippen LogP contribution is -2.35. The molecular weight excluding hydrogens is 318 g/mol. The highest BCUT2D eigenvalue weighted by Gasteiger charge is 2.12. The standard InChI is InChI=1S/C23H27N3/c1-23(2,3)20-13-11-17(12-14-20)15-25-22(24)26-16-19-9-6-8-18-7-4-5-10-21(18)19/h4-14H,15-16H2,1-3H3,(H3,24,25,26). The molecule has 0 aliphatic heterocycles. The van der Waals surface area contributed by atoms with Gasteiger partial charge in [-0.15, -0.1) is 0 Å². The highest BCUT2D eigenvalue weighted by atomic mass is 15.1. The Morgan fingerprint density at radius 3 is 2.19 bits per heavy atom. The Labute approximate surface area is 156 Å². The summed E-state index contributed by atoms with van der Waals surface area (Å²) in [7, 11) is 0. The smallest absolute Gasteiger partial charge is 0.188 e. The maximum Gasteiger partial charge on any atom is 0.188 e. The summed E-state index contributed by atoms with van der Waals surface area (Å²) in [5.74, 6) is 0.345. The molecular formula is C23H27N3. The van der Waals surface area contributed by atoms with Crippen LogP contribution in [0, 0.1) is 5.41 Å². The minimum Gasteiger partial charge on any atom is -0.353 e. The van der Waals surface area contributed by atoms with Gasteiger partial charge in [0, 0.05) is 13.1 Å². The summed E-state index contributed by atoms with van der Waals surface area (Å²) in [6.45, 7) is 7.93. The van der Waals surface area contributed by atoms with Crippen LogP contribution < -0.4 is 10.6 Å². The third-order valence-corrected chi connectivity index (χ3v) is 4.62. The van der Waals surface area contributed by atoms with E-state index in [2.05, 4.69) is 92.1 Å². The molecule has 0 aliphatic rings. The number of hydrogen-bond donors (Lipinski definition) is 3. The number of rotatable bonds is 4. The fraction of sp³-hybridized carbons (Fsp3) is 0.261. The average Bonchev–Trinajstić information content (AvgIpc) is 2.64. The van der Waals surface area contributed by atoms with E-state index in [9.17, 15) is 0 Å². The van der Waals surface area contributed by atoms with Crippen LogP contribution in [0.1, 0.15) is 37.5 Å². The Balaban J connectivity index is 1.54. The summed E-state index contributed by atoms with van der Waals surface area (Å²) in [6, 6.07) is 23.2. The molecule has 3 rings (SSSR count). The molecule has 0 unspecified atom stereocenters. The normalized spacial score (nSPS) is 11.3. The summed E-state index contributed by atoms with van der Waals surface area (Å²) in [5.41, 5.74) is 3.86. The van der Waals surface area contributed by atoms with E-state index >= 15 is 0 Å². The molecule has 0 bridgehead atoms. The highest BCUT2D eigenvalue weighted by molar-refractivity contribution is 5.86. The van der Waals surface area contributed by atoms with Crippen molar-refractivity contribution in [1.29, 1.82) is 5.41 Å². The van der Waals surface area contributed by atoms with Gasteiger partial charge in [0.1, 0.15) is 0 Å². The lowest BCUT2D eigenvalue weighted by Gasteiger charge is -2.19. The van der Waals surface area contributed by atoms with Crippen LogP contribution in [-0.2, 0) is 18.5 Å². The van der Waals surface area contributed by atoms with E-state index in [1.54, 1.807) is 0 Å². The molecule has 0 atom stereocenters. The van der Waals surface area contributed by atoms with Crippen LogP contribution in [0.3, 0.4) is 0 Å². The van der Waals surface area contributed by atoms with Crippen molar-refractivity contribution in [2.45, 2.75) is 39.3 Å². The van der Waals surface area contributed by atoms with Gasteiger partial charge in [-0.2, -0.15) is 0 Å². The van der Waals surface area contributed by atoms with Gasteiger partial charge in [-0.25, -0.2) is 0 Å². The van der Waals surface area contributed by atoms with Gasteiger partial charge in [-0.3, -0.25) is 5.41 Å². The molecule has 0 radical (unpaired) electrons. The molecule has 26 heavy (non-hydrogen) atoms. The molecule has 3 nitrogen and oxygen atoms in total. The number of guanidine groups is 1. The van der Waals surface area contributed by atoms with E-state index in [0.717, 1.165) is 0 Å². The van der Waals surface area contributed by atoms with Gasteiger partial charge >= 0.3 is 0 Å². The van der Waals surface area contributed by atoms with E-state index in [1.165, 1.54) is 27.5 Å². The zero-order valence-corrected chi connectivity index (χ0v) is 15.8. The maximum absolute atomic E-state index is 8.11. The van der Waals surface area contributed by atoms with Crippen LogP contribution in [0.15, 0.2) is 66.7 Å². The predicted octanol–water partition coefficient (Wildman–Crippen LogP) is 4.95. The molecule has 0 saturated carbocycles. The first-order valence-electron chi connectivity index (χ1n) is 9.06. The first-order valence-corrected chi connectivity index (χ1v) is 9.06. The van der Waals surface area contributed by atoms with E-state index < -0.39 is 0 Å². The van der Waals surface area contributed by atoms with Gasteiger partial charge in [-0.05, 0) is 32.9 Å². The predicted molar refractivity (Wildman–Crippen MR) is 110 cm³/mol. The third-order valence-electron chi connectivity index (χ3n) is 4.62. The van der Waals surface area contributed by atoms with Crippen molar-refractivity contribution >= 4 is 16.7 Å². The number of benzene rings is 3. The summed E-state index contributed by atoms with van der Waals surface area (Å²) in [4.78, 5) is 0. The minimum atomic E-state index is 0.165. The minimum absolute atomic E-state index is 0.165. The van der Waals surface area contributed by atoms with Crippen molar-refractivity contribution in [1.82, 2.24) is 10.6 Å². The summed E-state index contributed by atoms with van der Waals surface area (Å²) in [6.07, 6.45) is 0. The molecule has 3 N–H and O–H groups in total. The molecule has 0 spiro atoms. The van der Waals surface area contributed by atoms with Gasteiger partial charge in [0.25, 0.3) is 0 Å². The third kappa shape index (κ3) is 4.42. The number of fused-ring (bicyclic) bond motifs is 1. The summed E-state index contributed by atoms with van der Waals surface area (Å²) < 4.78 is 0. The molecule has 0 heterocycles. The summed E-state index contributed by atoms with van der Waals surface area (Å²) in [5, 5.41) is 16.9. The second kappa shape index (κ2) is 7.61. The van der Waals surface area contributed by atoms with Crippen molar-refractivity contribution in [3.63, 3.8) is 0 Å². The van der Waals surface area contributed by atoms with Crippen LogP contribution >= 0.6 is 0 Å². The van der Waals surface area contributed by atoms with E-state index in [4.69, 9.17) is 5.41 Å². The number of nitrogens with one attached hydrogen (secondary N) is 3. The van der Waals surface area contributed by atoms with E-state index in [-0.39, 0.29) is 5.41 Å². The molecule has 3 aromatic carbocycles. The molecule has 3 heteroatoms. The Morgan fingerprint density at radius 2 is 1.46 bits per heavy atom. The van der Waals surface area contributed by atoms with Gasteiger partial charge in [0.2, 0.25) is 0 Å². The first kappa shape index (κ1) is 18.0. The molecule has 134 valence electrons. The quantitative estimate of drug-likeness (QED) is 0.463. The molecule has 0 aliphatic carbocycles.